The van der Waals surface area contributed by atoms with E-state index in [4.69, 9.17) is 4.98 Å². The van der Waals surface area contributed by atoms with Crippen LogP contribution >= 0.6 is 11.3 Å². The average molecular weight is 407 g/mol. The van der Waals surface area contributed by atoms with Gasteiger partial charge in [0.15, 0.2) is 0 Å². The molecule has 3 aromatic rings. The van der Waals surface area contributed by atoms with E-state index in [0.29, 0.717) is 0 Å². The van der Waals surface area contributed by atoms with E-state index in [1.165, 1.54) is 32.4 Å². The number of aryl methyl sites for hydroxylation is 2. The summed E-state index contributed by atoms with van der Waals surface area (Å²) in [6.07, 6.45) is 4.40. The zero-order chi connectivity index (χ0) is 20.0. The van der Waals surface area contributed by atoms with Crippen LogP contribution in [0, 0.1) is 13.8 Å². The number of piperidine rings is 1. The third-order valence-corrected chi connectivity index (χ3v) is 7.85. The first-order chi connectivity index (χ1) is 14.0. The number of nitrogens with zero attached hydrogens (tertiary/aromatic N) is 4. The van der Waals surface area contributed by atoms with Crippen molar-refractivity contribution in [3.8, 4) is 11.3 Å². The van der Waals surface area contributed by atoms with Crippen molar-refractivity contribution in [2.24, 2.45) is 0 Å². The zero-order valence-electron chi connectivity index (χ0n) is 17.7. The van der Waals surface area contributed by atoms with Gasteiger partial charge in [0.25, 0.3) is 0 Å². The largest absolute Gasteiger partial charge is 0.325 e. The molecular weight excluding hydrogens is 376 g/mol. The molecular formula is C24H30N4S. The summed E-state index contributed by atoms with van der Waals surface area (Å²) < 4.78 is 2.49. The van der Waals surface area contributed by atoms with E-state index in [0.717, 1.165) is 45.6 Å². The lowest BCUT2D eigenvalue weighted by atomic mass is 9.83. The highest BCUT2D eigenvalue weighted by Crippen LogP contribution is 2.41. The van der Waals surface area contributed by atoms with E-state index in [1.807, 2.05) is 11.3 Å². The fourth-order valence-corrected chi connectivity index (χ4v) is 5.97. The van der Waals surface area contributed by atoms with Crippen molar-refractivity contribution in [2.75, 3.05) is 26.7 Å². The highest BCUT2D eigenvalue weighted by molar-refractivity contribution is 7.11. The molecule has 0 amide bonds. The molecule has 0 saturated carbocycles. The molecule has 4 nitrogen and oxygen atoms in total. The number of benzene rings is 1. The van der Waals surface area contributed by atoms with Gasteiger partial charge >= 0.3 is 0 Å². The Hall–Kier alpha value is -1.95. The fraction of sp³-hybridized carbons (Fsp3) is 0.458. The fourth-order valence-electron chi connectivity index (χ4n) is 5.04. The number of imidazole rings is 1. The van der Waals surface area contributed by atoms with Crippen LogP contribution in [-0.2, 0) is 18.6 Å². The molecule has 0 radical (unpaired) electrons. The van der Waals surface area contributed by atoms with E-state index in [2.05, 4.69) is 77.9 Å². The van der Waals surface area contributed by atoms with Gasteiger partial charge in [-0.25, -0.2) is 4.98 Å². The van der Waals surface area contributed by atoms with Crippen molar-refractivity contribution < 1.29 is 0 Å². The van der Waals surface area contributed by atoms with Crippen LogP contribution in [0.1, 0.15) is 34.0 Å². The third kappa shape index (κ3) is 3.35. The Bertz CT molecular complexity index is 992. The second-order valence-corrected chi connectivity index (χ2v) is 10.1. The van der Waals surface area contributed by atoms with E-state index in [9.17, 15) is 0 Å². The van der Waals surface area contributed by atoms with Gasteiger partial charge in [0.2, 0.25) is 0 Å². The first-order valence-corrected chi connectivity index (χ1v) is 11.5. The number of likely N-dealkylation sites (N-methyl/N-ethyl adjacent to an activating group) is 1. The minimum atomic E-state index is 0.0725. The minimum absolute atomic E-state index is 0.0725. The van der Waals surface area contributed by atoms with Crippen LogP contribution in [-0.4, -0.2) is 46.0 Å². The third-order valence-electron chi connectivity index (χ3n) is 6.87. The molecule has 1 aromatic carbocycles. The monoisotopic (exact) mass is 406 g/mol. The SMILES string of the molecule is Cc1ccc(-c2cnc3n2CCN(C)C32CCN(Cc3ccc(C)s3)CC2)cc1. The van der Waals surface area contributed by atoms with Crippen LogP contribution in [0.5, 0.6) is 0 Å². The van der Waals surface area contributed by atoms with Gasteiger partial charge in [0.05, 0.1) is 17.4 Å². The predicted molar refractivity (Wildman–Crippen MR) is 120 cm³/mol. The molecule has 29 heavy (non-hydrogen) atoms. The van der Waals surface area contributed by atoms with Crippen molar-refractivity contribution in [2.45, 2.75) is 45.3 Å². The quantitative estimate of drug-likeness (QED) is 0.632. The maximum atomic E-state index is 5.00. The molecule has 1 saturated heterocycles. The summed E-state index contributed by atoms with van der Waals surface area (Å²) in [5.74, 6) is 1.27. The average Bonchev–Trinajstić information content (AvgIpc) is 3.34. The molecule has 1 spiro atoms. The van der Waals surface area contributed by atoms with Gasteiger partial charge in [-0.1, -0.05) is 29.8 Å². The first kappa shape index (κ1) is 19.0. The van der Waals surface area contributed by atoms with Gasteiger partial charge in [0.1, 0.15) is 5.82 Å². The molecule has 4 heterocycles. The van der Waals surface area contributed by atoms with Crippen molar-refractivity contribution in [3.63, 3.8) is 0 Å². The van der Waals surface area contributed by atoms with Crippen LogP contribution < -0.4 is 0 Å². The highest BCUT2D eigenvalue weighted by Gasteiger charge is 2.45. The molecule has 1 fully saturated rings. The Kier molecular flexibility index (Phi) is 4.85. The number of rotatable bonds is 3. The number of fused-ring (bicyclic) bond motifs is 2. The number of hydrogen-bond donors (Lipinski definition) is 0. The lowest BCUT2D eigenvalue weighted by molar-refractivity contribution is 0.00725. The summed E-state index contributed by atoms with van der Waals surface area (Å²) in [6, 6.07) is 13.4. The molecule has 0 atom stereocenters. The van der Waals surface area contributed by atoms with E-state index in [1.54, 1.807) is 0 Å². The lowest BCUT2D eigenvalue weighted by Gasteiger charge is -2.49. The number of hydrogen-bond acceptors (Lipinski definition) is 4. The normalized spacial score (nSPS) is 19.6. The van der Waals surface area contributed by atoms with E-state index < -0.39 is 0 Å². The molecule has 152 valence electrons. The summed E-state index contributed by atoms with van der Waals surface area (Å²) in [4.78, 5) is 13.1. The predicted octanol–water partition coefficient (Wildman–Crippen LogP) is 4.67. The van der Waals surface area contributed by atoms with Gasteiger partial charge in [-0.05, 0) is 51.4 Å². The Morgan fingerprint density at radius 3 is 2.41 bits per heavy atom. The maximum absolute atomic E-state index is 5.00. The van der Waals surface area contributed by atoms with Crippen LogP contribution in [0.2, 0.25) is 0 Å². The summed E-state index contributed by atoms with van der Waals surface area (Å²) in [5.41, 5.74) is 3.92. The molecule has 2 aliphatic heterocycles. The molecule has 5 rings (SSSR count). The molecule has 0 bridgehead atoms. The first-order valence-electron chi connectivity index (χ1n) is 10.7. The van der Waals surface area contributed by atoms with Crippen molar-refractivity contribution in [1.29, 1.82) is 0 Å². The maximum Gasteiger partial charge on any atom is 0.129 e. The van der Waals surface area contributed by atoms with Gasteiger partial charge in [-0.2, -0.15) is 0 Å². The highest BCUT2D eigenvalue weighted by atomic mass is 32.1. The van der Waals surface area contributed by atoms with Gasteiger partial charge in [0, 0.05) is 42.5 Å². The van der Waals surface area contributed by atoms with E-state index >= 15 is 0 Å². The zero-order valence-corrected chi connectivity index (χ0v) is 18.5. The van der Waals surface area contributed by atoms with Crippen molar-refractivity contribution in [3.05, 3.63) is 63.7 Å². The van der Waals surface area contributed by atoms with Gasteiger partial charge in [-0.15, -0.1) is 11.3 Å². The van der Waals surface area contributed by atoms with Crippen LogP contribution in [0.3, 0.4) is 0 Å². The Balaban J connectivity index is 1.40. The van der Waals surface area contributed by atoms with Crippen LogP contribution in [0.4, 0.5) is 0 Å². The standard InChI is InChI=1S/C24H30N4S/c1-18-4-7-20(8-5-18)22-16-25-23-24(26(3)14-15-28(22)23)10-12-27(13-11-24)17-21-9-6-19(2)29-21/h4-9,16H,10-15,17H2,1-3H3. The molecule has 0 N–H and O–H groups in total. The summed E-state index contributed by atoms with van der Waals surface area (Å²) >= 11 is 1.93. The van der Waals surface area contributed by atoms with Crippen LogP contribution in [0.15, 0.2) is 42.6 Å². The molecule has 5 heteroatoms. The second kappa shape index (κ2) is 7.38. The number of thiophene rings is 1. The summed E-state index contributed by atoms with van der Waals surface area (Å²) in [7, 11) is 2.29. The Morgan fingerprint density at radius 2 is 1.72 bits per heavy atom. The Labute approximate surface area is 177 Å². The summed E-state index contributed by atoms with van der Waals surface area (Å²) in [5, 5.41) is 0. The van der Waals surface area contributed by atoms with Crippen molar-refractivity contribution in [1.82, 2.24) is 19.4 Å². The molecule has 0 aliphatic carbocycles. The van der Waals surface area contributed by atoms with Crippen molar-refractivity contribution >= 4 is 11.3 Å². The summed E-state index contributed by atoms with van der Waals surface area (Å²) in [6.45, 7) is 9.80. The Morgan fingerprint density at radius 1 is 0.966 bits per heavy atom. The van der Waals surface area contributed by atoms with Crippen LogP contribution in [0.25, 0.3) is 11.3 Å². The molecule has 2 aromatic heterocycles. The van der Waals surface area contributed by atoms with Gasteiger partial charge < -0.3 is 4.57 Å². The number of aromatic nitrogens is 2. The van der Waals surface area contributed by atoms with E-state index in [-0.39, 0.29) is 5.54 Å². The molecule has 0 unspecified atom stereocenters. The molecule has 2 aliphatic rings. The lowest BCUT2D eigenvalue weighted by Crippen LogP contribution is -2.56. The number of likely N-dealkylation sites (tertiary alicyclic amines) is 1. The smallest absolute Gasteiger partial charge is 0.129 e. The second-order valence-electron chi connectivity index (χ2n) is 8.73. The van der Waals surface area contributed by atoms with Gasteiger partial charge in [-0.3, -0.25) is 9.80 Å². The minimum Gasteiger partial charge on any atom is -0.325 e. The topological polar surface area (TPSA) is 24.3 Å².